The van der Waals surface area contributed by atoms with Gasteiger partial charge in [0, 0.05) is 43.2 Å². The van der Waals surface area contributed by atoms with Crippen LogP contribution < -0.4 is 10.6 Å². The summed E-state index contributed by atoms with van der Waals surface area (Å²) in [6, 6.07) is 9.27. The van der Waals surface area contributed by atoms with Crippen molar-refractivity contribution in [2.75, 3.05) is 13.1 Å². The molecule has 3 nitrogen and oxygen atoms in total. The summed E-state index contributed by atoms with van der Waals surface area (Å²) in [6.07, 6.45) is 2.15. The van der Waals surface area contributed by atoms with Gasteiger partial charge < -0.3 is 10.6 Å². The van der Waals surface area contributed by atoms with Crippen LogP contribution in [0.2, 0.25) is 0 Å². The van der Waals surface area contributed by atoms with E-state index in [1.807, 2.05) is 0 Å². The normalized spacial score (nSPS) is 17.9. The molecule has 2 N–H and O–H groups in total. The number of aromatic nitrogens is 1. The van der Waals surface area contributed by atoms with Crippen molar-refractivity contribution in [3.8, 4) is 0 Å². The van der Waals surface area contributed by atoms with E-state index in [2.05, 4.69) is 52.2 Å². The molecule has 1 unspecified atom stereocenters. The monoisotopic (exact) mass is 287 g/mol. The van der Waals surface area contributed by atoms with Gasteiger partial charge in [-0.15, -0.1) is 11.3 Å². The van der Waals surface area contributed by atoms with Crippen LogP contribution in [-0.2, 0) is 19.4 Å². The number of benzene rings is 1. The van der Waals surface area contributed by atoms with E-state index in [9.17, 15) is 0 Å². The summed E-state index contributed by atoms with van der Waals surface area (Å²) in [5, 5.41) is 10.5. The lowest BCUT2D eigenvalue weighted by Gasteiger charge is -2.26. The van der Waals surface area contributed by atoms with Crippen molar-refractivity contribution >= 4 is 11.3 Å². The molecule has 1 atom stereocenters. The molecule has 0 radical (unpaired) electrons. The van der Waals surface area contributed by atoms with Gasteiger partial charge >= 0.3 is 0 Å². The number of hydrogen-bond acceptors (Lipinski definition) is 4. The molecule has 2 aromatic rings. The molecule has 1 aliphatic rings. The van der Waals surface area contributed by atoms with Crippen LogP contribution in [0, 0.1) is 6.92 Å². The Morgan fingerprint density at radius 2 is 2.20 bits per heavy atom. The number of aryl methyl sites for hydroxylation is 1. The van der Waals surface area contributed by atoms with E-state index in [1.54, 1.807) is 11.3 Å². The van der Waals surface area contributed by atoms with Gasteiger partial charge in [-0.1, -0.05) is 24.3 Å². The number of nitrogens with zero attached hydrogens (tertiary/aromatic N) is 1. The fraction of sp³-hybridized carbons (Fsp3) is 0.438. The van der Waals surface area contributed by atoms with E-state index < -0.39 is 0 Å². The predicted molar refractivity (Wildman–Crippen MR) is 84.2 cm³/mol. The van der Waals surface area contributed by atoms with Crippen LogP contribution in [-0.4, -0.2) is 24.1 Å². The third-order valence-electron chi connectivity index (χ3n) is 3.74. The Morgan fingerprint density at radius 3 is 3.00 bits per heavy atom. The number of fused-ring (bicyclic) bond motifs is 1. The second kappa shape index (κ2) is 6.48. The summed E-state index contributed by atoms with van der Waals surface area (Å²) in [5.74, 6) is 0. The van der Waals surface area contributed by atoms with Crippen LogP contribution in [0.4, 0.5) is 0 Å². The summed E-state index contributed by atoms with van der Waals surface area (Å²) in [5.41, 5.74) is 4.08. The molecular weight excluding hydrogens is 266 g/mol. The molecule has 0 bridgehead atoms. The average molecular weight is 287 g/mol. The van der Waals surface area contributed by atoms with Crippen LogP contribution in [0.3, 0.4) is 0 Å². The van der Waals surface area contributed by atoms with Crippen molar-refractivity contribution < 1.29 is 0 Å². The Labute approximate surface area is 124 Å². The lowest BCUT2D eigenvalue weighted by Crippen LogP contribution is -2.43. The largest absolute Gasteiger partial charge is 0.315 e. The highest BCUT2D eigenvalue weighted by Gasteiger charge is 2.16. The zero-order chi connectivity index (χ0) is 13.8. The molecule has 3 rings (SSSR count). The highest BCUT2D eigenvalue weighted by molar-refractivity contribution is 7.09. The first-order valence-electron chi connectivity index (χ1n) is 7.23. The van der Waals surface area contributed by atoms with Crippen molar-refractivity contribution in [1.29, 1.82) is 0 Å². The minimum absolute atomic E-state index is 0.544. The van der Waals surface area contributed by atoms with Gasteiger partial charge in [-0.25, -0.2) is 4.98 Å². The molecule has 4 heteroatoms. The Kier molecular flexibility index (Phi) is 4.45. The molecule has 0 saturated carbocycles. The van der Waals surface area contributed by atoms with E-state index in [0.29, 0.717) is 6.04 Å². The Bertz CT molecular complexity index is 564. The molecule has 20 heavy (non-hydrogen) atoms. The predicted octanol–water partition coefficient (Wildman–Crippen LogP) is 2.30. The van der Waals surface area contributed by atoms with Gasteiger partial charge in [-0.2, -0.15) is 0 Å². The summed E-state index contributed by atoms with van der Waals surface area (Å²) in [7, 11) is 0. The first kappa shape index (κ1) is 13.7. The lowest BCUT2D eigenvalue weighted by atomic mass is 9.96. The lowest BCUT2D eigenvalue weighted by molar-refractivity contribution is 0.449. The third kappa shape index (κ3) is 3.45. The summed E-state index contributed by atoms with van der Waals surface area (Å²) < 4.78 is 0. The SMILES string of the molecule is Cc1csc(CCNCC2Cc3ccccc3CN2)n1. The highest BCUT2D eigenvalue weighted by atomic mass is 32.1. The molecule has 0 spiro atoms. The second-order valence-corrected chi connectivity index (χ2v) is 6.33. The number of nitrogens with one attached hydrogen (secondary N) is 2. The zero-order valence-corrected chi connectivity index (χ0v) is 12.7. The highest BCUT2D eigenvalue weighted by Crippen LogP contribution is 2.15. The van der Waals surface area contributed by atoms with Crippen LogP contribution in [0.15, 0.2) is 29.6 Å². The number of rotatable bonds is 5. The fourth-order valence-electron chi connectivity index (χ4n) is 2.65. The summed E-state index contributed by atoms with van der Waals surface area (Å²) in [4.78, 5) is 4.49. The molecule has 0 saturated heterocycles. The summed E-state index contributed by atoms with van der Waals surface area (Å²) in [6.45, 7) is 5.08. The molecule has 2 heterocycles. The maximum Gasteiger partial charge on any atom is 0.0940 e. The van der Waals surface area contributed by atoms with E-state index in [1.165, 1.54) is 16.1 Å². The number of hydrogen-bond donors (Lipinski definition) is 2. The topological polar surface area (TPSA) is 37.0 Å². The third-order valence-corrected chi connectivity index (χ3v) is 4.77. The van der Waals surface area contributed by atoms with E-state index >= 15 is 0 Å². The molecule has 1 aromatic carbocycles. The van der Waals surface area contributed by atoms with Crippen molar-refractivity contribution in [3.63, 3.8) is 0 Å². The van der Waals surface area contributed by atoms with E-state index in [0.717, 1.165) is 38.2 Å². The average Bonchev–Trinajstić information content (AvgIpc) is 2.89. The zero-order valence-electron chi connectivity index (χ0n) is 11.9. The smallest absolute Gasteiger partial charge is 0.0940 e. The standard InChI is InChI=1S/C16H21N3S/c1-12-11-20-16(19-12)6-7-17-10-15-8-13-4-2-3-5-14(13)9-18-15/h2-5,11,15,17-18H,6-10H2,1H3. The molecule has 0 fully saturated rings. The van der Waals surface area contributed by atoms with Gasteiger partial charge in [-0.3, -0.25) is 0 Å². The molecular formula is C16H21N3S. The van der Waals surface area contributed by atoms with Gasteiger partial charge in [0.15, 0.2) is 0 Å². The fourth-order valence-corrected chi connectivity index (χ4v) is 3.43. The van der Waals surface area contributed by atoms with Crippen LogP contribution in [0.1, 0.15) is 21.8 Å². The van der Waals surface area contributed by atoms with Crippen molar-refractivity contribution in [1.82, 2.24) is 15.6 Å². The van der Waals surface area contributed by atoms with Crippen LogP contribution in [0.5, 0.6) is 0 Å². The Morgan fingerprint density at radius 1 is 1.35 bits per heavy atom. The van der Waals surface area contributed by atoms with Gasteiger partial charge in [0.25, 0.3) is 0 Å². The van der Waals surface area contributed by atoms with Gasteiger partial charge in [0.1, 0.15) is 0 Å². The van der Waals surface area contributed by atoms with Crippen molar-refractivity contribution in [3.05, 3.63) is 51.5 Å². The van der Waals surface area contributed by atoms with Crippen molar-refractivity contribution in [2.45, 2.75) is 32.4 Å². The molecule has 1 aromatic heterocycles. The maximum atomic E-state index is 4.49. The maximum absolute atomic E-state index is 4.49. The quantitative estimate of drug-likeness (QED) is 0.829. The minimum atomic E-state index is 0.544. The van der Waals surface area contributed by atoms with Crippen LogP contribution >= 0.6 is 11.3 Å². The first-order valence-corrected chi connectivity index (χ1v) is 8.11. The molecule has 1 aliphatic heterocycles. The van der Waals surface area contributed by atoms with E-state index in [4.69, 9.17) is 0 Å². The van der Waals surface area contributed by atoms with Crippen molar-refractivity contribution in [2.24, 2.45) is 0 Å². The molecule has 0 amide bonds. The molecule has 0 aliphatic carbocycles. The second-order valence-electron chi connectivity index (χ2n) is 5.39. The van der Waals surface area contributed by atoms with Gasteiger partial charge in [0.05, 0.1) is 5.01 Å². The van der Waals surface area contributed by atoms with Gasteiger partial charge in [0.2, 0.25) is 0 Å². The van der Waals surface area contributed by atoms with E-state index in [-0.39, 0.29) is 0 Å². The Hall–Kier alpha value is -1.23. The number of thiazole rings is 1. The van der Waals surface area contributed by atoms with Crippen LogP contribution in [0.25, 0.3) is 0 Å². The molecule has 106 valence electrons. The Balaban J connectivity index is 1.42. The minimum Gasteiger partial charge on any atom is -0.315 e. The summed E-state index contributed by atoms with van der Waals surface area (Å²) >= 11 is 1.76. The first-order chi connectivity index (χ1) is 9.81. The van der Waals surface area contributed by atoms with Gasteiger partial charge in [-0.05, 0) is 24.5 Å².